The molecule has 0 atom stereocenters. The van der Waals surface area contributed by atoms with Gasteiger partial charge in [0, 0.05) is 44.0 Å². The van der Waals surface area contributed by atoms with E-state index >= 15 is 0 Å². The summed E-state index contributed by atoms with van der Waals surface area (Å²) < 4.78 is 6.49. The van der Waals surface area contributed by atoms with E-state index in [-0.39, 0.29) is 28.7 Å². The molecule has 8 nitrogen and oxygen atoms in total. The Hall–Kier alpha value is -2.94. The molecule has 3 aromatic heterocycles. The third-order valence-corrected chi connectivity index (χ3v) is 4.93. The van der Waals surface area contributed by atoms with Crippen LogP contribution in [0.15, 0.2) is 45.4 Å². The molecule has 4 heterocycles. The van der Waals surface area contributed by atoms with Crippen LogP contribution in [0, 0.1) is 0 Å². The molecule has 2 amide bonds. The van der Waals surface area contributed by atoms with Crippen molar-refractivity contribution >= 4 is 28.1 Å². The number of hydrogen-bond acceptors (Lipinski definition) is 6. The summed E-state index contributed by atoms with van der Waals surface area (Å²) in [6.07, 6.45) is 4.39. The van der Waals surface area contributed by atoms with Crippen LogP contribution < -0.4 is 5.56 Å². The molecule has 25 heavy (non-hydrogen) atoms. The van der Waals surface area contributed by atoms with E-state index in [9.17, 15) is 14.4 Å². The highest BCUT2D eigenvalue weighted by Crippen LogP contribution is 2.12. The van der Waals surface area contributed by atoms with Crippen molar-refractivity contribution in [3.63, 3.8) is 0 Å². The molecule has 3 aromatic rings. The number of carbonyl (C=O) groups is 2. The minimum Gasteiger partial charge on any atom is -0.459 e. The number of piperazine rings is 1. The lowest BCUT2D eigenvalue weighted by molar-refractivity contribution is 0.0517. The van der Waals surface area contributed by atoms with Crippen LogP contribution in [0.5, 0.6) is 0 Å². The van der Waals surface area contributed by atoms with Crippen molar-refractivity contribution in [2.24, 2.45) is 0 Å². The summed E-state index contributed by atoms with van der Waals surface area (Å²) in [6, 6.07) is 3.27. The van der Waals surface area contributed by atoms with E-state index in [1.807, 2.05) is 0 Å². The van der Waals surface area contributed by atoms with Crippen molar-refractivity contribution in [2.45, 2.75) is 0 Å². The Morgan fingerprint density at radius 2 is 1.84 bits per heavy atom. The van der Waals surface area contributed by atoms with E-state index in [0.717, 1.165) is 0 Å². The maximum Gasteiger partial charge on any atom is 0.289 e. The molecule has 0 unspecified atom stereocenters. The molecule has 1 saturated heterocycles. The Morgan fingerprint density at radius 3 is 2.52 bits per heavy atom. The fraction of sp³-hybridized carbons (Fsp3) is 0.250. The molecule has 0 saturated carbocycles. The third-order valence-electron chi connectivity index (χ3n) is 4.16. The number of nitrogens with zero attached hydrogens (tertiary/aromatic N) is 4. The van der Waals surface area contributed by atoms with Crippen molar-refractivity contribution < 1.29 is 14.0 Å². The van der Waals surface area contributed by atoms with E-state index < -0.39 is 0 Å². The van der Waals surface area contributed by atoms with Crippen LogP contribution in [0.3, 0.4) is 0 Å². The lowest BCUT2D eigenvalue weighted by Gasteiger charge is -2.34. The van der Waals surface area contributed by atoms with Gasteiger partial charge in [-0.25, -0.2) is 4.98 Å². The van der Waals surface area contributed by atoms with Gasteiger partial charge in [-0.05, 0) is 12.1 Å². The van der Waals surface area contributed by atoms with E-state index in [1.165, 1.54) is 28.2 Å². The second kappa shape index (κ2) is 6.17. The minimum absolute atomic E-state index is 0.0433. The van der Waals surface area contributed by atoms with Gasteiger partial charge in [0.05, 0.1) is 6.26 Å². The molecule has 0 spiro atoms. The SMILES string of the molecule is O=C(c1ccco1)N1CCN(C(=O)c2cnc3sccn3c2=O)CC1. The first kappa shape index (κ1) is 15.6. The van der Waals surface area contributed by atoms with Gasteiger partial charge in [-0.2, -0.15) is 0 Å². The zero-order valence-corrected chi connectivity index (χ0v) is 13.9. The first-order valence-electron chi connectivity index (χ1n) is 7.72. The van der Waals surface area contributed by atoms with Gasteiger partial charge in [0.2, 0.25) is 0 Å². The average Bonchev–Trinajstić information content (AvgIpc) is 3.33. The summed E-state index contributed by atoms with van der Waals surface area (Å²) in [5.41, 5.74) is -0.327. The van der Waals surface area contributed by atoms with Crippen molar-refractivity contribution in [3.8, 4) is 0 Å². The number of hydrogen-bond donors (Lipinski definition) is 0. The molecule has 1 aliphatic rings. The minimum atomic E-state index is -0.370. The topological polar surface area (TPSA) is 88.1 Å². The standard InChI is InChI=1S/C16H14N4O4S/c21-13(11-10-17-16-20(14(11)22)7-9-25-16)18-3-5-19(6-4-18)15(23)12-2-1-8-24-12/h1-2,7-10H,3-6H2. The highest BCUT2D eigenvalue weighted by atomic mass is 32.1. The quantitative estimate of drug-likeness (QED) is 0.680. The molecule has 1 fully saturated rings. The zero-order valence-electron chi connectivity index (χ0n) is 13.1. The number of thiazole rings is 1. The Bertz CT molecular complexity index is 983. The Kier molecular flexibility index (Phi) is 3.85. The highest BCUT2D eigenvalue weighted by molar-refractivity contribution is 7.15. The number of aromatic nitrogens is 2. The molecule has 128 valence electrons. The second-order valence-corrected chi connectivity index (χ2v) is 6.47. The number of fused-ring (bicyclic) bond motifs is 1. The fourth-order valence-corrected chi connectivity index (χ4v) is 3.49. The summed E-state index contributed by atoms with van der Waals surface area (Å²) in [5.74, 6) is -0.271. The van der Waals surface area contributed by atoms with Crippen LogP contribution in [0.4, 0.5) is 0 Å². The van der Waals surface area contributed by atoms with Gasteiger partial charge in [0.25, 0.3) is 17.4 Å². The van der Waals surface area contributed by atoms with Gasteiger partial charge in [-0.1, -0.05) is 0 Å². The second-order valence-electron chi connectivity index (χ2n) is 5.59. The van der Waals surface area contributed by atoms with Crippen molar-refractivity contribution in [1.29, 1.82) is 0 Å². The summed E-state index contributed by atoms with van der Waals surface area (Å²) in [5, 5.41) is 1.75. The monoisotopic (exact) mass is 358 g/mol. The van der Waals surface area contributed by atoms with Gasteiger partial charge in [-0.15, -0.1) is 11.3 Å². The van der Waals surface area contributed by atoms with E-state index in [4.69, 9.17) is 4.42 Å². The Morgan fingerprint density at radius 1 is 1.12 bits per heavy atom. The van der Waals surface area contributed by atoms with Crippen LogP contribution in [0.2, 0.25) is 0 Å². The largest absolute Gasteiger partial charge is 0.459 e. The first-order chi connectivity index (χ1) is 12.1. The smallest absolute Gasteiger partial charge is 0.289 e. The molecule has 4 rings (SSSR count). The molecular formula is C16H14N4O4S. The molecule has 9 heteroatoms. The van der Waals surface area contributed by atoms with Crippen LogP contribution in [-0.4, -0.2) is 57.2 Å². The summed E-state index contributed by atoms with van der Waals surface area (Å²) >= 11 is 1.33. The van der Waals surface area contributed by atoms with Gasteiger partial charge in [0.1, 0.15) is 5.56 Å². The molecular weight excluding hydrogens is 344 g/mol. The van der Waals surface area contributed by atoms with E-state index in [0.29, 0.717) is 31.1 Å². The van der Waals surface area contributed by atoms with E-state index in [2.05, 4.69) is 4.98 Å². The zero-order chi connectivity index (χ0) is 17.4. The highest BCUT2D eigenvalue weighted by Gasteiger charge is 2.28. The van der Waals surface area contributed by atoms with Crippen LogP contribution in [-0.2, 0) is 0 Å². The fourth-order valence-electron chi connectivity index (χ4n) is 2.81. The summed E-state index contributed by atoms with van der Waals surface area (Å²) in [4.78, 5) is 45.2. The summed E-state index contributed by atoms with van der Waals surface area (Å²) in [6.45, 7) is 1.50. The molecule has 0 radical (unpaired) electrons. The average molecular weight is 358 g/mol. The van der Waals surface area contributed by atoms with Crippen molar-refractivity contribution in [3.05, 3.63) is 57.8 Å². The maximum absolute atomic E-state index is 12.6. The number of carbonyl (C=O) groups excluding carboxylic acids is 2. The van der Waals surface area contributed by atoms with E-state index in [1.54, 1.807) is 33.5 Å². The van der Waals surface area contributed by atoms with Crippen LogP contribution in [0.1, 0.15) is 20.9 Å². The number of amides is 2. The molecule has 0 N–H and O–H groups in total. The lowest BCUT2D eigenvalue weighted by Crippen LogP contribution is -2.51. The molecule has 0 aliphatic carbocycles. The Balaban J connectivity index is 1.48. The van der Waals surface area contributed by atoms with Crippen molar-refractivity contribution in [1.82, 2.24) is 19.2 Å². The Labute approximate surface area is 145 Å². The van der Waals surface area contributed by atoms with Gasteiger partial charge >= 0.3 is 0 Å². The predicted octanol–water partition coefficient (Wildman–Crippen LogP) is 0.947. The van der Waals surface area contributed by atoms with Crippen LogP contribution >= 0.6 is 11.3 Å². The predicted molar refractivity (Wildman–Crippen MR) is 89.9 cm³/mol. The maximum atomic E-state index is 12.6. The summed E-state index contributed by atoms with van der Waals surface area (Å²) in [7, 11) is 0. The van der Waals surface area contributed by atoms with Gasteiger partial charge < -0.3 is 14.2 Å². The number of rotatable bonds is 2. The van der Waals surface area contributed by atoms with Crippen molar-refractivity contribution in [2.75, 3.05) is 26.2 Å². The van der Waals surface area contributed by atoms with Gasteiger partial charge in [0.15, 0.2) is 10.7 Å². The van der Waals surface area contributed by atoms with Gasteiger partial charge in [-0.3, -0.25) is 18.8 Å². The third kappa shape index (κ3) is 2.72. The first-order valence-corrected chi connectivity index (χ1v) is 8.60. The van der Waals surface area contributed by atoms with Crippen LogP contribution in [0.25, 0.3) is 4.96 Å². The molecule has 1 aliphatic heterocycles. The lowest BCUT2D eigenvalue weighted by atomic mass is 10.2. The molecule has 0 bridgehead atoms. The molecule has 0 aromatic carbocycles. The normalized spacial score (nSPS) is 14.9. The number of furan rings is 1.